The monoisotopic (exact) mass is 503 g/mol. The van der Waals surface area contributed by atoms with Gasteiger partial charge in [-0.2, -0.15) is 5.10 Å². The number of nitrogens with zero attached hydrogens (tertiary/aromatic N) is 2. The third-order valence-electron chi connectivity index (χ3n) is 4.58. The molecule has 0 aliphatic carbocycles. The Morgan fingerprint density at radius 3 is 2.70 bits per heavy atom. The zero-order chi connectivity index (χ0) is 23.2. The summed E-state index contributed by atoms with van der Waals surface area (Å²) in [5, 5.41) is 15.1. The fourth-order valence-electron chi connectivity index (χ4n) is 3.00. The largest absolute Gasteiger partial charge is 0.484 e. The molecule has 0 spiro atoms. The highest BCUT2D eigenvalue weighted by Gasteiger charge is 2.18. The summed E-state index contributed by atoms with van der Waals surface area (Å²) in [7, 11) is 0. The second kappa shape index (κ2) is 10.8. The summed E-state index contributed by atoms with van der Waals surface area (Å²) in [6.07, 6.45) is 1.32. The molecule has 1 saturated heterocycles. The fourth-order valence-corrected chi connectivity index (χ4v) is 6.07. The minimum atomic E-state index is -0.509. The number of nitro benzene ring substituents is 1. The smallest absolute Gasteiger partial charge is 0.277 e. The lowest BCUT2D eigenvalue weighted by Crippen LogP contribution is -2.24. The molecule has 33 heavy (non-hydrogen) atoms. The highest BCUT2D eigenvalue weighted by molar-refractivity contribution is 8.19. The van der Waals surface area contributed by atoms with E-state index >= 15 is 0 Å². The summed E-state index contributed by atoms with van der Waals surface area (Å²) in [6, 6.07) is 15.1. The Kier molecular flexibility index (Phi) is 7.58. The SMILES string of the molecule is O=C(COc1ccc(C2SCCS2)cc1)N/N=C\c1ccc(-c2cc([N+](=O)[O-])ccc2Cl)o1. The molecule has 1 aromatic heterocycles. The molecule has 1 aliphatic heterocycles. The van der Waals surface area contributed by atoms with Gasteiger partial charge < -0.3 is 9.15 Å². The third kappa shape index (κ3) is 6.10. The molecule has 1 N–H and O–H groups in total. The number of halogens is 1. The van der Waals surface area contributed by atoms with Crippen LogP contribution in [0, 0.1) is 10.1 Å². The molecule has 4 rings (SSSR count). The van der Waals surface area contributed by atoms with Crippen LogP contribution < -0.4 is 10.2 Å². The quantitative estimate of drug-likeness (QED) is 0.245. The molecule has 1 amide bonds. The number of carbonyl (C=O) groups excluding carboxylic acids is 1. The van der Waals surface area contributed by atoms with Crippen molar-refractivity contribution in [2.24, 2.45) is 5.10 Å². The number of nitro groups is 1. The topological polar surface area (TPSA) is 107 Å². The maximum atomic E-state index is 12.0. The molecule has 1 aliphatic rings. The molecule has 0 atom stereocenters. The molecule has 0 bridgehead atoms. The van der Waals surface area contributed by atoms with E-state index in [1.165, 1.54) is 30.0 Å². The van der Waals surface area contributed by atoms with Crippen molar-refractivity contribution in [1.82, 2.24) is 5.43 Å². The van der Waals surface area contributed by atoms with E-state index in [2.05, 4.69) is 10.5 Å². The first kappa shape index (κ1) is 23.2. The first-order valence-electron chi connectivity index (χ1n) is 9.81. The molecule has 170 valence electrons. The number of ether oxygens (including phenoxy) is 1. The Labute approximate surface area is 202 Å². The molecule has 0 saturated carbocycles. The van der Waals surface area contributed by atoms with Gasteiger partial charge in [-0.1, -0.05) is 23.7 Å². The minimum Gasteiger partial charge on any atom is -0.484 e. The van der Waals surface area contributed by atoms with Crippen molar-refractivity contribution in [3.63, 3.8) is 0 Å². The van der Waals surface area contributed by atoms with Gasteiger partial charge in [-0.25, -0.2) is 5.43 Å². The Bertz CT molecular complexity index is 1180. The number of amides is 1. The molecule has 3 aromatic rings. The summed E-state index contributed by atoms with van der Waals surface area (Å²) < 4.78 is 11.6. The zero-order valence-electron chi connectivity index (χ0n) is 17.1. The normalized spacial score (nSPS) is 14.0. The fraction of sp³-hybridized carbons (Fsp3) is 0.182. The number of rotatable bonds is 8. The van der Waals surface area contributed by atoms with Gasteiger partial charge in [-0.15, -0.1) is 23.5 Å². The molecule has 2 aromatic carbocycles. The van der Waals surface area contributed by atoms with Gasteiger partial charge in [-0.3, -0.25) is 14.9 Å². The van der Waals surface area contributed by atoms with E-state index in [4.69, 9.17) is 20.8 Å². The molecule has 0 radical (unpaired) electrons. The first-order chi connectivity index (χ1) is 16.0. The van der Waals surface area contributed by atoms with Crippen LogP contribution in [0.3, 0.4) is 0 Å². The van der Waals surface area contributed by atoms with E-state index in [1.807, 2.05) is 47.8 Å². The average Bonchev–Trinajstić information content (AvgIpc) is 3.51. The van der Waals surface area contributed by atoms with E-state index in [-0.39, 0.29) is 12.3 Å². The van der Waals surface area contributed by atoms with E-state index < -0.39 is 10.8 Å². The number of nitrogens with one attached hydrogen (secondary N) is 1. The summed E-state index contributed by atoms with van der Waals surface area (Å²) in [5.41, 5.74) is 3.90. The van der Waals surface area contributed by atoms with Crippen molar-refractivity contribution < 1.29 is 18.9 Å². The van der Waals surface area contributed by atoms with E-state index in [0.29, 0.717) is 32.4 Å². The van der Waals surface area contributed by atoms with Crippen LogP contribution in [0.15, 0.2) is 64.1 Å². The predicted octanol–water partition coefficient (Wildman–Crippen LogP) is 5.52. The van der Waals surface area contributed by atoms with Gasteiger partial charge in [0.05, 0.1) is 20.7 Å². The Balaban J connectivity index is 1.28. The van der Waals surface area contributed by atoms with Gasteiger partial charge in [0, 0.05) is 29.2 Å². The highest BCUT2D eigenvalue weighted by Crippen LogP contribution is 2.45. The van der Waals surface area contributed by atoms with E-state index in [9.17, 15) is 14.9 Å². The molecular formula is C22H18ClN3O5S2. The van der Waals surface area contributed by atoms with Crippen molar-refractivity contribution in [3.8, 4) is 17.1 Å². The lowest BCUT2D eigenvalue weighted by Gasteiger charge is -2.09. The van der Waals surface area contributed by atoms with Crippen LogP contribution in [-0.4, -0.2) is 35.2 Å². The van der Waals surface area contributed by atoms with Crippen LogP contribution >= 0.6 is 35.1 Å². The lowest BCUT2D eigenvalue weighted by atomic mass is 10.1. The standard InChI is InChI=1S/C22H18ClN3O5S2/c23-19-7-3-15(26(28)29)11-18(19)20-8-6-17(31-20)12-24-25-21(27)13-30-16-4-1-14(2-5-16)22-32-9-10-33-22/h1-8,11-12,22H,9-10,13H2,(H,25,27)/b24-12-. The maximum absolute atomic E-state index is 12.0. The van der Waals surface area contributed by atoms with Crippen molar-refractivity contribution in [2.45, 2.75) is 4.58 Å². The molecule has 11 heteroatoms. The summed E-state index contributed by atoms with van der Waals surface area (Å²) in [4.78, 5) is 22.5. The van der Waals surface area contributed by atoms with Crippen LogP contribution in [0.1, 0.15) is 15.9 Å². The molecule has 0 unspecified atom stereocenters. The number of non-ortho nitro benzene ring substituents is 1. The Morgan fingerprint density at radius 1 is 1.21 bits per heavy atom. The Hall–Kier alpha value is -2.95. The van der Waals surface area contributed by atoms with Gasteiger partial charge in [-0.05, 0) is 35.9 Å². The Morgan fingerprint density at radius 2 is 1.97 bits per heavy atom. The van der Waals surface area contributed by atoms with Crippen LogP contribution in [0.2, 0.25) is 5.02 Å². The molecule has 1 fully saturated rings. The number of benzene rings is 2. The third-order valence-corrected chi connectivity index (χ3v) is 8.01. The summed E-state index contributed by atoms with van der Waals surface area (Å²) in [6.45, 7) is -0.184. The van der Waals surface area contributed by atoms with Gasteiger partial charge in [0.1, 0.15) is 17.3 Å². The average molecular weight is 504 g/mol. The van der Waals surface area contributed by atoms with Crippen LogP contribution in [0.25, 0.3) is 11.3 Å². The summed E-state index contributed by atoms with van der Waals surface area (Å²) >= 11 is 9.99. The highest BCUT2D eigenvalue weighted by atomic mass is 35.5. The maximum Gasteiger partial charge on any atom is 0.277 e. The van der Waals surface area contributed by atoms with E-state index in [1.54, 1.807) is 12.1 Å². The van der Waals surface area contributed by atoms with Crippen molar-refractivity contribution in [3.05, 3.63) is 81.1 Å². The van der Waals surface area contributed by atoms with Gasteiger partial charge in [0.15, 0.2) is 6.61 Å². The van der Waals surface area contributed by atoms with Gasteiger partial charge in [0.2, 0.25) is 0 Å². The number of hydrogen-bond acceptors (Lipinski definition) is 8. The van der Waals surface area contributed by atoms with Crippen molar-refractivity contribution in [1.29, 1.82) is 0 Å². The predicted molar refractivity (Wildman–Crippen MR) is 131 cm³/mol. The number of hydrazone groups is 1. The minimum absolute atomic E-state index is 0.0979. The van der Waals surface area contributed by atoms with Crippen LogP contribution in [-0.2, 0) is 4.79 Å². The van der Waals surface area contributed by atoms with Gasteiger partial charge in [0.25, 0.3) is 11.6 Å². The van der Waals surface area contributed by atoms with Crippen LogP contribution in [0.5, 0.6) is 5.75 Å². The zero-order valence-corrected chi connectivity index (χ0v) is 19.5. The van der Waals surface area contributed by atoms with Crippen LogP contribution in [0.4, 0.5) is 5.69 Å². The number of carbonyl (C=O) groups is 1. The molecular weight excluding hydrogens is 486 g/mol. The number of thioether (sulfide) groups is 2. The van der Waals surface area contributed by atoms with Crippen molar-refractivity contribution in [2.75, 3.05) is 18.1 Å². The number of hydrogen-bond donors (Lipinski definition) is 1. The second-order valence-corrected chi connectivity index (χ2v) is 9.98. The van der Waals surface area contributed by atoms with Crippen molar-refractivity contribution >= 4 is 52.9 Å². The second-order valence-electron chi connectivity index (χ2n) is 6.85. The van der Waals surface area contributed by atoms with E-state index in [0.717, 1.165) is 11.5 Å². The van der Waals surface area contributed by atoms with Gasteiger partial charge >= 0.3 is 0 Å². The molecule has 2 heterocycles. The lowest BCUT2D eigenvalue weighted by molar-refractivity contribution is -0.384. The molecule has 8 nitrogen and oxygen atoms in total. The first-order valence-corrected chi connectivity index (χ1v) is 12.3. The number of furan rings is 1. The summed E-state index contributed by atoms with van der Waals surface area (Å²) in [5.74, 6) is 3.19.